The van der Waals surface area contributed by atoms with Gasteiger partial charge >= 0.3 is 0 Å². The molecule has 9 heteroatoms. The highest BCUT2D eigenvalue weighted by atomic mass is 32.2. The van der Waals surface area contributed by atoms with Gasteiger partial charge in [-0.25, -0.2) is 8.42 Å². The van der Waals surface area contributed by atoms with Gasteiger partial charge in [-0.05, 0) is 25.0 Å². The average molecular weight is 399 g/mol. The summed E-state index contributed by atoms with van der Waals surface area (Å²) in [5.74, 6) is 2.03. The Hall–Kier alpha value is -1.58. The molecule has 152 valence electrons. The first-order valence-corrected chi connectivity index (χ1v) is 11.5. The highest BCUT2D eigenvalue weighted by molar-refractivity contribution is 7.91. The zero-order chi connectivity index (χ0) is 19.0. The molecule has 0 bridgehead atoms. The lowest BCUT2D eigenvalue weighted by Crippen LogP contribution is -2.44. The molecule has 3 rings (SSSR count). The minimum absolute atomic E-state index is 0.0656. The number of sulfone groups is 1. The van der Waals surface area contributed by atoms with E-state index in [-0.39, 0.29) is 17.5 Å². The monoisotopic (exact) mass is 398 g/mol. The Morgan fingerprint density at radius 1 is 1.33 bits per heavy atom. The van der Waals surface area contributed by atoms with Crippen molar-refractivity contribution in [3.05, 3.63) is 24.2 Å². The maximum Gasteiger partial charge on any atom is 0.191 e. The number of furan rings is 1. The van der Waals surface area contributed by atoms with Crippen LogP contribution in [0.2, 0.25) is 0 Å². The first-order chi connectivity index (χ1) is 13.1. The summed E-state index contributed by atoms with van der Waals surface area (Å²) in [5, 5.41) is 6.59. The summed E-state index contributed by atoms with van der Waals surface area (Å²) in [6.07, 6.45) is 4.02. The number of hydrogen-bond donors (Lipinski definition) is 2. The Kier molecular flexibility index (Phi) is 7.54. The molecule has 1 aromatic rings. The average Bonchev–Trinajstić information content (AvgIpc) is 3.28. The van der Waals surface area contributed by atoms with Crippen molar-refractivity contribution in [2.24, 2.45) is 4.99 Å². The van der Waals surface area contributed by atoms with Crippen molar-refractivity contribution < 1.29 is 17.6 Å². The SMILES string of the molecule is O=S1(=O)CCC(NC(=NCCCN2CCOCC2)NCCc2ccco2)C1. The quantitative estimate of drug-likeness (QED) is 0.369. The third-order valence-electron chi connectivity index (χ3n) is 4.82. The van der Waals surface area contributed by atoms with Crippen LogP contribution >= 0.6 is 0 Å². The van der Waals surface area contributed by atoms with E-state index in [0.717, 1.165) is 51.4 Å². The Labute approximate surface area is 161 Å². The lowest BCUT2D eigenvalue weighted by atomic mass is 10.3. The predicted molar refractivity (Wildman–Crippen MR) is 105 cm³/mol. The summed E-state index contributed by atoms with van der Waals surface area (Å²) in [6, 6.07) is 3.75. The number of rotatable bonds is 8. The zero-order valence-electron chi connectivity index (χ0n) is 15.7. The Balaban J connectivity index is 1.46. The fourth-order valence-corrected chi connectivity index (χ4v) is 5.00. The van der Waals surface area contributed by atoms with Crippen molar-refractivity contribution in [3.63, 3.8) is 0 Å². The van der Waals surface area contributed by atoms with E-state index in [4.69, 9.17) is 9.15 Å². The molecule has 1 atom stereocenters. The van der Waals surface area contributed by atoms with E-state index >= 15 is 0 Å². The van der Waals surface area contributed by atoms with Crippen LogP contribution in [0.1, 0.15) is 18.6 Å². The summed E-state index contributed by atoms with van der Waals surface area (Å²) in [6.45, 7) is 5.97. The van der Waals surface area contributed by atoms with Gasteiger partial charge < -0.3 is 19.8 Å². The summed E-state index contributed by atoms with van der Waals surface area (Å²) in [4.78, 5) is 7.04. The molecule has 0 amide bonds. The molecule has 0 aliphatic carbocycles. The smallest absolute Gasteiger partial charge is 0.191 e. The first-order valence-electron chi connectivity index (χ1n) is 9.68. The zero-order valence-corrected chi connectivity index (χ0v) is 16.5. The van der Waals surface area contributed by atoms with Crippen LogP contribution in [0, 0.1) is 0 Å². The van der Waals surface area contributed by atoms with Gasteiger partial charge in [0.1, 0.15) is 5.76 Å². The molecule has 3 heterocycles. The number of ether oxygens (including phenoxy) is 1. The third kappa shape index (κ3) is 7.15. The molecule has 8 nitrogen and oxygen atoms in total. The van der Waals surface area contributed by atoms with Crippen LogP contribution in [-0.2, 0) is 21.0 Å². The van der Waals surface area contributed by atoms with Crippen LogP contribution < -0.4 is 10.6 Å². The molecule has 2 aliphatic heterocycles. The number of morpholine rings is 1. The number of hydrogen-bond acceptors (Lipinski definition) is 6. The lowest BCUT2D eigenvalue weighted by Gasteiger charge is -2.26. The summed E-state index contributed by atoms with van der Waals surface area (Å²) in [7, 11) is -2.92. The van der Waals surface area contributed by atoms with Crippen LogP contribution in [0.25, 0.3) is 0 Å². The largest absolute Gasteiger partial charge is 0.469 e. The van der Waals surface area contributed by atoms with E-state index < -0.39 is 9.84 Å². The molecule has 1 unspecified atom stereocenters. The number of nitrogens with zero attached hydrogens (tertiary/aromatic N) is 2. The summed E-state index contributed by atoms with van der Waals surface area (Å²) < 4.78 is 34.1. The maximum atomic E-state index is 11.7. The molecule has 2 fully saturated rings. The van der Waals surface area contributed by atoms with Crippen LogP contribution in [-0.4, -0.2) is 82.8 Å². The lowest BCUT2D eigenvalue weighted by molar-refractivity contribution is 0.0377. The molecule has 2 N–H and O–H groups in total. The minimum atomic E-state index is -2.92. The van der Waals surface area contributed by atoms with Gasteiger partial charge in [-0.2, -0.15) is 0 Å². The molecule has 2 saturated heterocycles. The molecule has 0 radical (unpaired) electrons. The highest BCUT2D eigenvalue weighted by Gasteiger charge is 2.28. The molecular weight excluding hydrogens is 368 g/mol. The van der Waals surface area contributed by atoms with Crippen molar-refractivity contribution in [3.8, 4) is 0 Å². The molecule has 0 spiro atoms. The van der Waals surface area contributed by atoms with Crippen LogP contribution in [0.5, 0.6) is 0 Å². The second-order valence-corrected chi connectivity index (χ2v) is 9.27. The number of guanidine groups is 1. The van der Waals surface area contributed by atoms with E-state index in [9.17, 15) is 8.42 Å². The van der Waals surface area contributed by atoms with Crippen molar-refractivity contribution in [2.45, 2.75) is 25.3 Å². The predicted octanol–water partition coefficient (Wildman–Crippen LogP) is 0.267. The number of aliphatic imine (C=N–C) groups is 1. The second-order valence-electron chi connectivity index (χ2n) is 7.04. The van der Waals surface area contributed by atoms with Crippen molar-refractivity contribution in [1.82, 2.24) is 15.5 Å². The van der Waals surface area contributed by atoms with Crippen LogP contribution in [0.4, 0.5) is 0 Å². The topological polar surface area (TPSA) is 96.2 Å². The molecule has 0 aromatic carbocycles. The summed E-state index contributed by atoms with van der Waals surface area (Å²) >= 11 is 0. The molecule has 1 aromatic heterocycles. The molecule has 2 aliphatic rings. The Bertz CT molecular complexity index is 684. The number of nitrogens with one attached hydrogen (secondary N) is 2. The van der Waals surface area contributed by atoms with E-state index in [1.165, 1.54) is 0 Å². The van der Waals surface area contributed by atoms with Crippen molar-refractivity contribution >= 4 is 15.8 Å². The maximum absolute atomic E-state index is 11.7. The molecule has 27 heavy (non-hydrogen) atoms. The van der Waals surface area contributed by atoms with Gasteiger partial charge in [0.25, 0.3) is 0 Å². The standard InChI is InChI=1S/C18H30N4O4S/c23-27(24)14-5-16(15-27)21-18(20-7-4-17-3-1-11-26-17)19-6-2-8-22-9-12-25-13-10-22/h1,3,11,16H,2,4-10,12-15H2,(H2,19,20,21). The Morgan fingerprint density at radius 2 is 2.19 bits per heavy atom. The Morgan fingerprint density at radius 3 is 2.89 bits per heavy atom. The third-order valence-corrected chi connectivity index (χ3v) is 6.59. The molecule has 0 saturated carbocycles. The minimum Gasteiger partial charge on any atom is -0.469 e. The van der Waals surface area contributed by atoms with Gasteiger partial charge in [0.2, 0.25) is 0 Å². The highest BCUT2D eigenvalue weighted by Crippen LogP contribution is 2.11. The fraction of sp³-hybridized carbons (Fsp3) is 0.722. The van der Waals surface area contributed by atoms with Gasteiger partial charge in [-0.15, -0.1) is 0 Å². The van der Waals surface area contributed by atoms with Gasteiger partial charge in [-0.3, -0.25) is 9.89 Å². The van der Waals surface area contributed by atoms with Crippen molar-refractivity contribution in [1.29, 1.82) is 0 Å². The van der Waals surface area contributed by atoms with E-state index in [2.05, 4.69) is 20.5 Å². The van der Waals surface area contributed by atoms with Gasteiger partial charge in [-0.1, -0.05) is 0 Å². The summed E-state index contributed by atoms with van der Waals surface area (Å²) in [5.41, 5.74) is 0. The van der Waals surface area contributed by atoms with E-state index in [1.54, 1.807) is 6.26 Å². The first kappa shape index (κ1) is 20.2. The normalized spacial score (nSPS) is 23.4. The fourth-order valence-electron chi connectivity index (χ4n) is 3.32. The molecular formula is C18H30N4O4S. The second kappa shape index (κ2) is 10.1. The van der Waals surface area contributed by atoms with Crippen molar-refractivity contribution in [2.75, 3.05) is 57.4 Å². The van der Waals surface area contributed by atoms with Crippen LogP contribution in [0.3, 0.4) is 0 Å². The van der Waals surface area contributed by atoms with E-state index in [1.807, 2.05) is 12.1 Å². The van der Waals surface area contributed by atoms with Gasteiger partial charge in [0, 0.05) is 45.2 Å². The van der Waals surface area contributed by atoms with Gasteiger partial charge in [0.15, 0.2) is 15.8 Å². The van der Waals surface area contributed by atoms with E-state index in [0.29, 0.717) is 25.5 Å². The van der Waals surface area contributed by atoms with Gasteiger partial charge in [0.05, 0.1) is 31.0 Å². The van der Waals surface area contributed by atoms with Crippen LogP contribution in [0.15, 0.2) is 27.8 Å².